The van der Waals surface area contributed by atoms with Crippen molar-refractivity contribution in [2.24, 2.45) is 0 Å². The Morgan fingerprint density at radius 2 is 2.55 bits per heavy atom. The Labute approximate surface area is 67.6 Å². The molecule has 0 aliphatic heterocycles. The molecule has 0 fully saturated rings. The van der Waals surface area contributed by atoms with E-state index in [0.717, 1.165) is 6.42 Å². The van der Waals surface area contributed by atoms with Gasteiger partial charge in [-0.3, -0.25) is 0 Å². The van der Waals surface area contributed by atoms with Crippen LogP contribution >= 0.6 is 0 Å². The highest BCUT2D eigenvalue weighted by molar-refractivity contribution is 5.64. The van der Waals surface area contributed by atoms with E-state index in [9.17, 15) is 0 Å². The first-order valence-corrected chi connectivity index (χ1v) is 3.85. The van der Waals surface area contributed by atoms with Gasteiger partial charge in [0.05, 0.1) is 0 Å². The zero-order valence-corrected chi connectivity index (χ0v) is 6.67. The molecule has 0 unspecified atom stereocenters. The van der Waals surface area contributed by atoms with E-state index in [1.54, 1.807) is 0 Å². The monoisotopic (exact) mass is 146 g/mol. The van der Waals surface area contributed by atoms with Gasteiger partial charge >= 0.3 is 0 Å². The summed E-state index contributed by atoms with van der Waals surface area (Å²) in [5, 5.41) is 7.16. The van der Waals surface area contributed by atoms with Gasteiger partial charge < -0.3 is 5.41 Å². The van der Waals surface area contributed by atoms with Crippen LogP contribution in [0.2, 0.25) is 0 Å². The fourth-order valence-electron chi connectivity index (χ4n) is 1.09. The molecule has 1 N–H and O–H groups in total. The molecule has 0 saturated heterocycles. The molecule has 0 aliphatic carbocycles. The van der Waals surface area contributed by atoms with Gasteiger partial charge in [0.2, 0.25) is 0 Å². The third kappa shape index (κ3) is 1.90. The van der Waals surface area contributed by atoms with E-state index in [1.165, 1.54) is 11.8 Å². The van der Waals surface area contributed by atoms with Crippen LogP contribution in [0.3, 0.4) is 0 Å². The largest absolute Gasteiger partial charge is 0.312 e. The molecule has 1 heteroatoms. The van der Waals surface area contributed by atoms with Gasteiger partial charge in [0, 0.05) is 12.1 Å². The first-order valence-electron chi connectivity index (χ1n) is 3.85. The molecule has 57 valence electrons. The lowest BCUT2D eigenvalue weighted by Gasteiger charge is -2.07. The average Bonchev–Trinajstić information content (AvgIpc) is 2.09. The van der Waals surface area contributed by atoms with Crippen LogP contribution in [0.1, 0.15) is 24.8 Å². The Morgan fingerprint density at radius 1 is 1.73 bits per heavy atom. The molecular weight excluding hydrogens is 134 g/mol. The van der Waals surface area contributed by atoms with E-state index in [2.05, 4.69) is 13.0 Å². The molecule has 1 nitrogen and oxygen atoms in total. The number of hydrogen-bond acceptors (Lipinski definition) is 1. The van der Waals surface area contributed by atoms with Crippen molar-refractivity contribution in [1.82, 2.24) is 0 Å². The molecule has 11 heavy (non-hydrogen) atoms. The third-order valence-electron chi connectivity index (χ3n) is 1.80. The number of benzene rings is 1. The van der Waals surface area contributed by atoms with Crippen LogP contribution in [0.5, 0.6) is 0 Å². The lowest BCUT2D eigenvalue weighted by molar-refractivity contribution is 0.855. The summed E-state index contributed by atoms with van der Waals surface area (Å²) in [5.41, 5.74) is 1.19. The summed E-state index contributed by atoms with van der Waals surface area (Å²) in [6.45, 7) is 2.09. The molecule has 0 saturated carbocycles. The first-order chi connectivity index (χ1) is 5.38. The molecule has 1 radical (unpaired) electrons. The van der Waals surface area contributed by atoms with Gasteiger partial charge in [-0.1, -0.05) is 31.2 Å². The fourth-order valence-corrected chi connectivity index (χ4v) is 1.09. The molecule has 0 spiro atoms. The number of hydrogen-bond donors (Lipinski definition) is 1. The highest BCUT2D eigenvalue weighted by Crippen LogP contribution is 2.15. The van der Waals surface area contributed by atoms with E-state index in [4.69, 9.17) is 5.41 Å². The molecular formula is C10H12N. The molecule has 1 rings (SSSR count). The second-order valence-electron chi connectivity index (χ2n) is 2.52. The van der Waals surface area contributed by atoms with E-state index in [-0.39, 0.29) is 5.92 Å². The van der Waals surface area contributed by atoms with Gasteiger partial charge in [0.15, 0.2) is 0 Å². The van der Waals surface area contributed by atoms with Crippen molar-refractivity contribution in [1.29, 1.82) is 5.41 Å². The Kier molecular flexibility index (Phi) is 2.84. The van der Waals surface area contributed by atoms with Crippen molar-refractivity contribution in [2.45, 2.75) is 19.3 Å². The quantitative estimate of drug-likeness (QED) is 0.634. The average molecular weight is 146 g/mol. The van der Waals surface area contributed by atoms with Crippen LogP contribution in [0.15, 0.2) is 24.3 Å². The van der Waals surface area contributed by atoms with Crippen LogP contribution in [-0.2, 0) is 0 Å². The molecule has 1 aromatic carbocycles. The molecule has 0 amide bonds. The smallest absolute Gasteiger partial charge is 0.0184 e. The molecule has 1 atom stereocenters. The van der Waals surface area contributed by atoms with Crippen molar-refractivity contribution in [3.8, 4) is 0 Å². The standard InChI is InChI=1S/C10H12N/c1-2-9(8-11)10-6-4-3-5-7-10/h3-4,6-9,11H,2H2,1H3/t9-/m1/s1. The summed E-state index contributed by atoms with van der Waals surface area (Å²) in [6.07, 6.45) is 2.48. The second kappa shape index (κ2) is 3.91. The molecule has 0 bridgehead atoms. The number of rotatable bonds is 3. The maximum atomic E-state index is 7.16. The normalized spacial score (nSPS) is 12.5. The Balaban J connectivity index is 2.82. The summed E-state index contributed by atoms with van der Waals surface area (Å²) in [7, 11) is 0. The van der Waals surface area contributed by atoms with E-state index in [1.807, 2.05) is 24.3 Å². The fraction of sp³-hybridized carbons (Fsp3) is 0.300. The van der Waals surface area contributed by atoms with Crippen molar-refractivity contribution in [2.75, 3.05) is 0 Å². The third-order valence-corrected chi connectivity index (χ3v) is 1.80. The van der Waals surface area contributed by atoms with Crippen molar-refractivity contribution < 1.29 is 0 Å². The zero-order chi connectivity index (χ0) is 8.10. The van der Waals surface area contributed by atoms with Gasteiger partial charge in [-0.25, -0.2) is 0 Å². The SMILES string of the molecule is CC[C@H](C=N)c1c[c]ccc1. The summed E-state index contributed by atoms with van der Waals surface area (Å²) in [5.74, 6) is 0.271. The predicted molar refractivity (Wildman–Crippen MR) is 47.1 cm³/mol. The van der Waals surface area contributed by atoms with Gasteiger partial charge in [-0.2, -0.15) is 0 Å². The van der Waals surface area contributed by atoms with Crippen LogP contribution in [0.4, 0.5) is 0 Å². The van der Waals surface area contributed by atoms with E-state index < -0.39 is 0 Å². The lowest BCUT2D eigenvalue weighted by atomic mass is 9.98. The Bertz CT molecular complexity index is 216. The zero-order valence-electron chi connectivity index (χ0n) is 6.67. The molecule has 0 aromatic heterocycles. The first kappa shape index (κ1) is 7.99. The molecule has 1 aromatic rings. The maximum absolute atomic E-state index is 7.16. The van der Waals surface area contributed by atoms with Crippen LogP contribution in [0, 0.1) is 11.5 Å². The van der Waals surface area contributed by atoms with Gasteiger partial charge in [0.1, 0.15) is 0 Å². The summed E-state index contributed by atoms with van der Waals surface area (Å²) < 4.78 is 0. The van der Waals surface area contributed by atoms with Gasteiger partial charge in [0.25, 0.3) is 0 Å². The predicted octanol–water partition coefficient (Wildman–Crippen LogP) is 2.63. The van der Waals surface area contributed by atoms with Crippen LogP contribution in [0.25, 0.3) is 0 Å². The maximum Gasteiger partial charge on any atom is 0.0184 e. The van der Waals surface area contributed by atoms with Crippen LogP contribution in [-0.4, -0.2) is 6.21 Å². The minimum Gasteiger partial charge on any atom is -0.312 e. The van der Waals surface area contributed by atoms with Crippen molar-refractivity contribution >= 4 is 6.21 Å². The number of nitrogens with one attached hydrogen (secondary N) is 1. The Hall–Kier alpha value is -1.11. The second-order valence-corrected chi connectivity index (χ2v) is 2.52. The van der Waals surface area contributed by atoms with Crippen molar-refractivity contribution in [3.63, 3.8) is 0 Å². The minimum absolute atomic E-state index is 0.271. The van der Waals surface area contributed by atoms with Crippen LogP contribution < -0.4 is 0 Å². The molecule has 0 aliphatic rings. The summed E-state index contributed by atoms with van der Waals surface area (Å²) in [6, 6.07) is 10.8. The summed E-state index contributed by atoms with van der Waals surface area (Å²) in [4.78, 5) is 0. The van der Waals surface area contributed by atoms with E-state index in [0.29, 0.717) is 0 Å². The van der Waals surface area contributed by atoms with Gasteiger partial charge in [-0.15, -0.1) is 0 Å². The topological polar surface area (TPSA) is 23.9 Å². The Morgan fingerprint density at radius 3 is 3.00 bits per heavy atom. The van der Waals surface area contributed by atoms with Crippen molar-refractivity contribution in [3.05, 3.63) is 35.9 Å². The highest BCUT2D eigenvalue weighted by Gasteiger charge is 2.02. The highest BCUT2D eigenvalue weighted by atomic mass is 14.3. The van der Waals surface area contributed by atoms with E-state index >= 15 is 0 Å². The minimum atomic E-state index is 0.271. The molecule has 0 heterocycles. The van der Waals surface area contributed by atoms with Gasteiger partial charge in [-0.05, 0) is 18.1 Å². The lowest BCUT2D eigenvalue weighted by Crippen LogP contribution is -1.96. The summed E-state index contributed by atoms with van der Waals surface area (Å²) >= 11 is 0.